The molecule has 1 rings (SSSR count). The van der Waals surface area contributed by atoms with Gasteiger partial charge in [-0.15, -0.1) is 0 Å². The van der Waals surface area contributed by atoms with Crippen LogP contribution >= 0.6 is 12.2 Å². The normalized spacial score (nSPS) is 11.1. The van der Waals surface area contributed by atoms with E-state index in [1.165, 1.54) is 0 Å². The van der Waals surface area contributed by atoms with Crippen LogP contribution in [-0.2, 0) is 0 Å². The minimum absolute atomic E-state index is 0.537. The van der Waals surface area contributed by atoms with E-state index in [0.717, 1.165) is 30.5 Å². The highest BCUT2D eigenvalue weighted by molar-refractivity contribution is 7.80. The van der Waals surface area contributed by atoms with E-state index in [1.807, 2.05) is 18.2 Å². The standard InChI is InChI=1S/C13H19N3S/c1-3-4-10-12(15-16-13(17)14-2)11-8-6-5-7-9-11/h5-9H,3-4,10H2,1-2H3,(H2,14,16,17). The van der Waals surface area contributed by atoms with Gasteiger partial charge < -0.3 is 5.32 Å². The summed E-state index contributed by atoms with van der Waals surface area (Å²) in [7, 11) is 1.78. The number of hydrogen-bond acceptors (Lipinski definition) is 2. The summed E-state index contributed by atoms with van der Waals surface area (Å²) < 4.78 is 0. The van der Waals surface area contributed by atoms with Crippen LogP contribution in [0.3, 0.4) is 0 Å². The van der Waals surface area contributed by atoms with Crippen molar-refractivity contribution in [3.8, 4) is 0 Å². The van der Waals surface area contributed by atoms with Gasteiger partial charge in [0.2, 0.25) is 0 Å². The van der Waals surface area contributed by atoms with Crippen LogP contribution in [0, 0.1) is 0 Å². The lowest BCUT2D eigenvalue weighted by molar-refractivity contribution is 0.826. The summed E-state index contributed by atoms with van der Waals surface area (Å²) in [6, 6.07) is 10.2. The van der Waals surface area contributed by atoms with E-state index in [4.69, 9.17) is 12.2 Å². The number of thiocarbonyl (C=S) groups is 1. The van der Waals surface area contributed by atoms with Gasteiger partial charge in [0.15, 0.2) is 5.11 Å². The number of benzene rings is 1. The molecule has 0 aliphatic rings. The fourth-order valence-corrected chi connectivity index (χ4v) is 1.46. The summed E-state index contributed by atoms with van der Waals surface area (Å²) in [4.78, 5) is 0. The first-order valence-corrected chi connectivity index (χ1v) is 6.28. The molecule has 0 saturated carbocycles. The Morgan fingerprint density at radius 2 is 2.00 bits per heavy atom. The highest BCUT2D eigenvalue weighted by Crippen LogP contribution is 2.07. The maximum atomic E-state index is 5.01. The van der Waals surface area contributed by atoms with Crippen molar-refractivity contribution in [2.45, 2.75) is 26.2 Å². The number of nitrogens with zero attached hydrogens (tertiary/aromatic N) is 1. The number of unbranched alkanes of at least 4 members (excludes halogenated alkanes) is 1. The smallest absolute Gasteiger partial charge is 0.186 e. The third kappa shape index (κ3) is 4.95. The second kappa shape index (κ2) is 7.79. The molecule has 3 nitrogen and oxygen atoms in total. The van der Waals surface area contributed by atoms with E-state index < -0.39 is 0 Å². The molecular formula is C13H19N3S. The van der Waals surface area contributed by atoms with Crippen molar-refractivity contribution < 1.29 is 0 Å². The molecule has 0 aliphatic carbocycles. The zero-order chi connectivity index (χ0) is 12.5. The van der Waals surface area contributed by atoms with Crippen LogP contribution in [0.25, 0.3) is 0 Å². The molecular weight excluding hydrogens is 230 g/mol. The monoisotopic (exact) mass is 249 g/mol. The van der Waals surface area contributed by atoms with Crippen LogP contribution in [0.15, 0.2) is 35.4 Å². The van der Waals surface area contributed by atoms with Gasteiger partial charge in [-0.05, 0) is 30.6 Å². The second-order valence-corrected chi connectivity index (χ2v) is 4.13. The van der Waals surface area contributed by atoms with Crippen LogP contribution in [0.4, 0.5) is 0 Å². The minimum atomic E-state index is 0.537. The maximum absolute atomic E-state index is 5.01. The second-order valence-electron chi connectivity index (χ2n) is 3.72. The largest absolute Gasteiger partial charge is 0.364 e. The van der Waals surface area contributed by atoms with Crippen LogP contribution in [0.5, 0.6) is 0 Å². The number of nitrogens with one attached hydrogen (secondary N) is 2. The van der Waals surface area contributed by atoms with E-state index in [2.05, 4.69) is 34.9 Å². The van der Waals surface area contributed by atoms with Gasteiger partial charge in [-0.3, -0.25) is 5.43 Å². The highest BCUT2D eigenvalue weighted by Gasteiger charge is 2.02. The van der Waals surface area contributed by atoms with Crippen molar-refractivity contribution >= 4 is 23.0 Å². The van der Waals surface area contributed by atoms with E-state index in [1.54, 1.807) is 7.05 Å². The molecule has 0 radical (unpaired) electrons. The van der Waals surface area contributed by atoms with Crippen LogP contribution < -0.4 is 10.7 Å². The summed E-state index contributed by atoms with van der Waals surface area (Å²) in [5.41, 5.74) is 5.04. The lowest BCUT2D eigenvalue weighted by Gasteiger charge is -2.07. The zero-order valence-electron chi connectivity index (χ0n) is 10.4. The van der Waals surface area contributed by atoms with Gasteiger partial charge in [-0.2, -0.15) is 5.10 Å². The van der Waals surface area contributed by atoms with Gasteiger partial charge in [0.05, 0.1) is 5.71 Å². The summed E-state index contributed by atoms with van der Waals surface area (Å²) in [6.45, 7) is 2.17. The van der Waals surface area contributed by atoms with Crippen molar-refractivity contribution in [3.05, 3.63) is 35.9 Å². The van der Waals surface area contributed by atoms with E-state index >= 15 is 0 Å². The van der Waals surface area contributed by atoms with Crippen LogP contribution in [0.2, 0.25) is 0 Å². The molecule has 0 fully saturated rings. The molecule has 92 valence electrons. The third-order valence-corrected chi connectivity index (χ3v) is 2.69. The lowest BCUT2D eigenvalue weighted by atomic mass is 10.1. The molecule has 1 aromatic carbocycles. The molecule has 0 aliphatic heterocycles. The average Bonchev–Trinajstić information content (AvgIpc) is 2.39. The number of hydrogen-bond donors (Lipinski definition) is 2. The lowest BCUT2D eigenvalue weighted by Crippen LogP contribution is -2.29. The fourth-order valence-electron chi connectivity index (χ4n) is 1.41. The Bertz CT molecular complexity index is 374. The summed E-state index contributed by atoms with van der Waals surface area (Å²) in [5.74, 6) is 0. The first-order valence-electron chi connectivity index (χ1n) is 5.87. The Morgan fingerprint density at radius 1 is 1.29 bits per heavy atom. The predicted octanol–water partition coefficient (Wildman–Crippen LogP) is 2.67. The van der Waals surface area contributed by atoms with Gasteiger partial charge >= 0.3 is 0 Å². The Morgan fingerprint density at radius 3 is 2.59 bits per heavy atom. The predicted molar refractivity (Wildman–Crippen MR) is 77.3 cm³/mol. The minimum Gasteiger partial charge on any atom is -0.364 e. The molecule has 0 aromatic heterocycles. The first-order chi connectivity index (χ1) is 8.27. The Hall–Kier alpha value is -1.42. The summed E-state index contributed by atoms with van der Waals surface area (Å²) in [6.07, 6.45) is 3.24. The molecule has 0 heterocycles. The summed E-state index contributed by atoms with van der Waals surface area (Å²) >= 11 is 5.01. The van der Waals surface area contributed by atoms with Gasteiger partial charge in [0.1, 0.15) is 0 Å². The molecule has 0 saturated heterocycles. The van der Waals surface area contributed by atoms with Crippen molar-refractivity contribution in [2.75, 3.05) is 7.05 Å². The topological polar surface area (TPSA) is 36.4 Å². The molecule has 0 spiro atoms. The van der Waals surface area contributed by atoms with Crippen LogP contribution in [-0.4, -0.2) is 17.9 Å². The van der Waals surface area contributed by atoms with E-state index in [9.17, 15) is 0 Å². The van der Waals surface area contributed by atoms with Crippen molar-refractivity contribution in [2.24, 2.45) is 5.10 Å². The Kier molecular flexibility index (Phi) is 6.25. The summed E-state index contributed by atoms with van der Waals surface area (Å²) in [5, 5.41) is 7.74. The highest BCUT2D eigenvalue weighted by atomic mass is 32.1. The van der Waals surface area contributed by atoms with Gasteiger partial charge in [-0.1, -0.05) is 43.7 Å². The third-order valence-electron chi connectivity index (χ3n) is 2.39. The molecule has 4 heteroatoms. The van der Waals surface area contributed by atoms with Crippen molar-refractivity contribution in [3.63, 3.8) is 0 Å². The molecule has 1 aromatic rings. The molecule has 0 bridgehead atoms. The SMILES string of the molecule is CCCCC(=NNC(=S)NC)c1ccccc1. The molecule has 0 atom stereocenters. The van der Waals surface area contributed by atoms with Gasteiger partial charge in [0, 0.05) is 7.05 Å². The molecule has 17 heavy (non-hydrogen) atoms. The van der Waals surface area contributed by atoms with E-state index in [-0.39, 0.29) is 0 Å². The zero-order valence-corrected chi connectivity index (χ0v) is 11.2. The van der Waals surface area contributed by atoms with Gasteiger partial charge in [-0.25, -0.2) is 0 Å². The van der Waals surface area contributed by atoms with Crippen molar-refractivity contribution in [1.82, 2.24) is 10.7 Å². The first kappa shape index (κ1) is 13.6. The Balaban J connectivity index is 2.76. The van der Waals surface area contributed by atoms with Crippen molar-refractivity contribution in [1.29, 1.82) is 0 Å². The Labute approximate surface area is 108 Å². The molecule has 0 unspecified atom stereocenters. The number of rotatable bonds is 5. The maximum Gasteiger partial charge on any atom is 0.186 e. The fraction of sp³-hybridized carbons (Fsp3) is 0.385. The number of hydrazone groups is 1. The van der Waals surface area contributed by atoms with Crippen LogP contribution in [0.1, 0.15) is 31.7 Å². The molecule has 0 amide bonds. The average molecular weight is 249 g/mol. The van der Waals surface area contributed by atoms with Gasteiger partial charge in [0.25, 0.3) is 0 Å². The quantitative estimate of drug-likeness (QED) is 0.478. The van der Waals surface area contributed by atoms with E-state index in [0.29, 0.717) is 5.11 Å². The molecule has 2 N–H and O–H groups in total.